The summed E-state index contributed by atoms with van der Waals surface area (Å²) in [7, 11) is 4.06. The summed E-state index contributed by atoms with van der Waals surface area (Å²) in [5, 5.41) is 14.5. The van der Waals surface area contributed by atoms with Crippen molar-refractivity contribution in [1.29, 1.82) is 5.26 Å². The van der Waals surface area contributed by atoms with E-state index in [9.17, 15) is 5.26 Å². The predicted octanol–water partition coefficient (Wildman–Crippen LogP) is 3.99. The molecule has 5 nitrogen and oxygen atoms in total. The maximum Gasteiger partial charge on any atom is 0.240 e. The van der Waals surface area contributed by atoms with Crippen LogP contribution in [0.1, 0.15) is 17.3 Å². The van der Waals surface area contributed by atoms with E-state index in [1.54, 1.807) is 0 Å². The Morgan fingerprint density at radius 3 is 2.67 bits per heavy atom. The van der Waals surface area contributed by atoms with Crippen LogP contribution < -0.4 is 5.32 Å². The van der Waals surface area contributed by atoms with Gasteiger partial charge in [0.1, 0.15) is 6.07 Å². The van der Waals surface area contributed by atoms with Crippen LogP contribution in [0, 0.1) is 11.3 Å². The second-order valence-electron chi connectivity index (χ2n) is 5.56. The van der Waals surface area contributed by atoms with E-state index in [1.165, 1.54) is 16.9 Å². The molecule has 2 aromatic heterocycles. The van der Waals surface area contributed by atoms with Crippen molar-refractivity contribution in [2.45, 2.75) is 6.04 Å². The van der Waals surface area contributed by atoms with Gasteiger partial charge >= 0.3 is 0 Å². The molecule has 6 heteroatoms. The van der Waals surface area contributed by atoms with Crippen LogP contribution in [0.5, 0.6) is 0 Å². The third kappa shape index (κ3) is 3.48. The number of thiophene rings is 1. The van der Waals surface area contributed by atoms with Crippen LogP contribution in [0.3, 0.4) is 0 Å². The normalized spacial score (nSPS) is 12.1. The molecule has 2 heterocycles. The van der Waals surface area contributed by atoms with E-state index in [1.807, 2.05) is 49.8 Å². The minimum Gasteiger partial charge on any atom is -0.418 e. The van der Waals surface area contributed by atoms with Crippen LogP contribution in [0.25, 0.3) is 10.8 Å². The molecule has 1 aromatic carbocycles. The van der Waals surface area contributed by atoms with Crippen LogP contribution >= 0.6 is 11.3 Å². The lowest BCUT2D eigenvalue weighted by molar-refractivity contribution is 0.310. The molecule has 0 spiro atoms. The van der Waals surface area contributed by atoms with E-state index in [2.05, 4.69) is 33.4 Å². The summed E-state index contributed by atoms with van der Waals surface area (Å²) in [6.45, 7) is 0.616. The third-order valence-electron chi connectivity index (χ3n) is 3.73. The Hall–Kier alpha value is -2.62. The van der Waals surface area contributed by atoms with Crippen molar-refractivity contribution < 1.29 is 4.42 Å². The van der Waals surface area contributed by atoms with Gasteiger partial charge in [0, 0.05) is 6.54 Å². The third-order valence-corrected chi connectivity index (χ3v) is 4.59. The van der Waals surface area contributed by atoms with Gasteiger partial charge in [0.2, 0.25) is 17.5 Å². The second-order valence-corrected chi connectivity index (χ2v) is 6.50. The Morgan fingerprint density at radius 1 is 1.25 bits per heavy atom. The maximum atomic E-state index is 9.30. The average molecular weight is 338 g/mol. The topological polar surface area (TPSA) is 65.1 Å². The van der Waals surface area contributed by atoms with E-state index in [0.717, 1.165) is 4.88 Å². The van der Waals surface area contributed by atoms with E-state index in [4.69, 9.17) is 4.42 Å². The first kappa shape index (κ1) is 16.2. The number of benzene rings is 1. The summed E-state index contributed by atoms with van der Waals surface area (Å²) in [6, 6.07) is 16.3. The van der Waals surface area contributed by atoms with Gasteiger partial charge < -0.3 is 14.6 Å². The average Bonchev–Trinajstić information content (AvgIpc) is 3.25. The fraction of sp³-hybridized carbons (Fsp3) is 0.222. The monoisotopic (exact) mass is 338 g/mol. The van der Waals surface area contributed by atoms with Gasteiger partial charge in [-0.3, -0.25) is 0 Å². The maximum absolute atomic E-state index is 9.30. The first-order chi connectivity index (χ1) is 11.7. The molecule has 24 heavy (non-hydrogen) atoms. The van der Waals surface area contributed by atoms with Crippen molar-refractivity contribution in [3.63, 3.8) is 0 Å². The lowest BCUT2D eigenvalue weighted by Crippen LogP contribution is -2.26. The number of anilines is 1. The smallest absolute Gasteiger partial charge is 0.240 e. The number of hydrogen-bond donors (Lipinski definition) is 1. The van der Waals surface area contributed by atoms with Crippen LogP contribution in [0.4, 0.5) is 5.88 Å². The molecule has 0 unspecified atom stereocenters. The van der Waals surface area contributed by atoms with Gasteiger partial charge in [-0.05, 0) is 31.1 Å². The predicted molar refractivity (Wildman–Crippen MR) is 95.9 cm³/mol. The first-order valence-electron chi connectivity index (χ1n) is 7.59. The zero-order valence-electron chi connectivity index (χ0n) is 13.6. The summed E-state index contributed by atoms with van der Waals surface area (Å²) < 4.78 is 5.76. The van der Waals surface area contributed by atoms with Gasteiger partial charge in [-0.2, -0.15) is 10.2 Å². The Kier molecular flexibility index (Phi) is 4.94. The molecule has 0 fully saturated rings. The molecule has 0 aliphatic heterocycles. The lowest BCUT2D eigenvalue weighted by Gasteiger charge is -2.24. The van der Waals surface area contributed by atoms with E-state index in [-0.39, 0.29) is 11.7 Å². The number of aromatic nitrogens is 1. The van der Waals surface area contributed by atoms with Gasteiger partial charge in [0.25, 0.3) is 0 Å². The van der Waals surface area contributed by atoms with E-state index < -0.39 is 0 Å². The molecule has 0 bridgehead atoms. The van der Waals surface area contributed by atoms with Gasteiger partial charge in [-0.15, -0.1) is 11.3 Å². The molecule has 122 valence electrons. The Bertz CT molecular complexity index is 819. The van der Waals surface area contributed by atoms with Crippen molar-refractivity contribution in [1.82, 2.24) is 9.88 Å². The van der Waals surface area contributed by atoms with E-state index >= 15 is 0 Å². The number of nitrogens with one attached hydrogen (secondary N) is 1. The molecule has 3 rings (SSSR count). The highest BCUT2D eigenvalue weighted by Gasteiger charge is 2.18. The zero-order chi connectivity index (χ0) is 16.9. The molecular formula is C18H18N4OS. The van der Waals surface area contributed by atoms with Gasteiger partial charge in [0.05, 0.1) is 10.9 Å². The minimum atomic E-state index is 0.160. The fourth-order valence-electron chi connectivity index (χ4n) is 2.48. The van der Waals surface area contributed by atoms with Crippen molar-refractivity contribution in [2.24, 2.45) is 0 Å². The number of likely N-dealkylation sites (N-methyl/N-ethyl adjacent to an activating group) is 1. The number of nitriles is 1. The van der Waals surface area contributed by atoms with Gasteiger partial charge in [-0.1, -0.05) is 36.4 Å². The van der Waals surface area contributed by atoms with Crippen molar-refractivity contribution in [3.05, 3.63) is 59.1 Å². The second kappa shape index (κ2) is 7.30. The highest BCUT2D eigenvalue weighted by Crippen LogP contribution is 2.29. The Morgan fingerprint density at radius 2 is 2.04 bits per heavy atom. The van der Waals surface area contributed by atoms with Crippen LogP contribution in [0.15, 0.2) is 52.3 Å². The van der Waals surface area contributed by atoms with Crippen LogP contribution in [-0.2, 0) is 0 Å². The largest absolute Gasteiger partial charge is 0.418 e. The van der Waals surface area contributed by atoms with Gasteiger partial charge in [-0.25, -0.2) is 0 Å². The quantitative estimate of drug-likeness (QED) is 0.736. The zero-order valence-corrected chi connectivity index (χ0v) is 14.4. The summed E-state index contributed by atoms with van der Waals surface area (Å²) in [4.78, 5) is 7.31. The summed E-state index contributed by atoms with van der Waals surface area (Å²) in [6.07, 6.45) is 0. The van der Waals surface area contributed by atoms with Crippen molar-refractivity contribution in [3.8, 4) is 16.8 Å². The molecule has 0 aliphatic rings. The molecule has 0 saturated carbocycles. The summed E-state index contributed by atoms with van der Waals surface area (Å²) in [5.41, 5.74) is 1.48. The number of nitrogens with zero attached hydrogens (tertiary/aromatic N) is 3. The van der Waals surface area contributed by atoms with Crippen molar-refractivity contribution >= 4 is 17.2 Å². The number of hydrogen-bond acceptors (Lipinski definition) is 6. The Balaban J connectivity index is 1.79. The number of oxazole rings is 1. The highest BCUT2D eigenvalue weighted by molar-refractivity contribution is 7.13. The summed E-state index contributed by atoms with van der Waals surface area (Å²) >= 11 is 1.53. The molecule has 0 radical (unpaired) electrons. The fourth-order valence-corrected chi connectivity index (χ4v) is 3.13. The Labute approximate surface area is 145 Å². The summed E-state index contributed by atoms with van der Waals surface area (Å²) in [5.74, 6) is 0.897. The van der Waals surface area contributed by atoms with E-state index in [0.29, 0.717) is 18.3 Å². The van der Waals surface area contributed by atoms with Gasteiger partial charge in [0.15, 0.2) is 0 Å². The van der Waals surface area contributed by atoms with Crippen LogP contribution in [-0.4, -0.2) is 30.5 Å². The molecule has 1 N–H and O–H groups in total. The minimum absolute atomic E-state index is 0.160. The molecule has 0 aliphatic carbocycles. The van der Waals surface area contributed by atoms with Crippen molar-refractivity contribution in [2.75, 3.05) is 26.0 Å². The SMILES string of the molecule is CN(C)[C@H](CNc1oc(-c2cccs2)nc1C#N)c1ccccc1. The van der Waals surface area contributed by atoms with Crippen LogP contribution in [0.2, 0.25) is 0 Å². The molecule has 1 atom stereocenters. The standard InChI is InChI=1S/C18H18N4OS/c1-22(2)15(13-7-4-3-5-8-13)12-20-17-14(11-19)21-18(23-17)16-9-6-10-24-16/h3-10,15,20H,12H2,1-2H3/t15-/m1/s1. The number of rotatable bonds is 6. The molecular weight excluding hydrogens is 320 g/mol. The lowest BCUT2D eigenvalue weighted by atomic mass is 10.1. The highest BCUT2D eigenvalue weighted by atomic mass is 32.1. The first-order valence-corrected chi connectivity index (χ1v) is 8.47. The molecule has 3 aromatic rings. The molecule has 0 amide bonds. The molecule has 0 saturated heterocycles.